The first-order valence-corrected chi connectivity index (χ1v) is 12.7. The number of carbonyl (C=O) groups excluding carboxylic acids is 1. The SMILES string of the molecule is CNCc1nccn1-c1ccc(NC(=O)c2cc(S(C)(=O)=O)nn2-c2ccc3onc(N)c3c2)cc1. The van der Waals surface area contributed by atoms with Crippen LogP contribution >= 0.6 is 0 Å². The van der Waals surface area contributed by atoms with Crippen molar-refractivity contribution in [1.82, 2.24) is 29.8 Å². The molecule has 5 rings (SSSR count). The molecule has 5 aromatic rings. The van der Waals surface area contributed by atoms with E-state index in [1.807, 2.05) is 29.9 Å². The van der Waals surface area contributed by atoms with Gasteiger partial charge in [0.05, 0.1) is 17.6 Å². The third-order valence-corrected chi connectivity index (χ3v) is 6.44. The summed E-state index contributed by atoms with van der Waals surface area (Å²) < 4.78 is 32.7. The van der Waals surface area contributed by atoms with Gasteiger partial charge in [0.25, 0.3) is 5.91 Å². The van der Waals surface area contributed by atoms with Crippen molar-refractivity contribution < 1.29 is 17.7 Å². The Hall–Kier alpha value is -4.49. The molecule has 36 heavy (non-hydrogen) atoms. The molecule has 184 valence electrons. The molecular formula is C23H22N8O4S. The average molecular weight is 507 g/mol. The van der Waals surface area contributed by atoms with Crippen molar-refractivity contribution in [2.75, 3.05) is 24.4 Å². The molecule has 0 aliphatic rings. The Labute approximate surface area is 205 Å². The van der Waals surface area contributed by atoms with E-state index < -0.39 is 15.7 Å². The molecule has 0 unspecified atom stereocenters. The molecule has 4 N–H and O–H groups in total. The Morgan fingerprint density at radius 2 is 1.86 bits per heavy atom. The summed E-state index contributed by atoms with van der Waals surface area (Å²) in [5.74, 6) is 0.475. The van der Waals surface area contributed by atoms with Gasteiger partial charge in [-0.15, -0.1) is 0 Å². The monoisotopic (exact) mass is 506 g/mol. The number of fused-ring (bicyclic) bond motifs is 1. The topological polar surface area (TPSA) is 163 Å². The summed E-state index contributed by atoms with van der Waals surface area (Å²) >= 11 is 0. The highest BCUT2D eigenvalue weighted by Gasteiger charge is 2.22. The van der Waals surface area contributed by atoms with Gasteiger partial charge >= 0.3 is 0 Å². The summed E-state index contributed by atoms with van der Waals surface area (Å²) in [5, 5.41) is 14.0. The normalized spacial score (nSPS) is 11.7. The van der Waals surface area contributed by atoms with Gasteiger partial charge in [0.2, 0.25) is 0 Å². The van der Waals surface area contributed by atoms with Crippen molar-refractivity contribution >= 4 is 38.2 Å². The molecular weight excluding hydrogens is 484 g/mol. The summed E-state index contributed by atoms with van der Waals surface area (Å²) in [7, 11) is -1.84. The Balaban J connectivity index is 1.47. The van der Waals surface area contributed by atoms with Crippen molar-refractivity contribution in [3.63, 3.8) is 0 Å². The molecule has 0 fully saturated rings. The first-order valence-electron chi connectivity index (χ1n) is 10.8. The zero-order valence-corrected chi connectivity index (χ0v) is 20.2. The van der Waals surface area contributed by atoms with E-state index in [-0.39, 0.29) is 16.5 Å². The summed E-state index contributed by atoms with van der Waals surface area (Å²) in [6.45, 7) is 0.602. The average Bonchev–Trinajstić information content (AvgIpc) is 3.58. The lowest BCUT2D eigenvalue weighted by Gasteiger charge is -2.11. The van der Waals surface area contributed by atoms with Gasteiger partial charge in [-0.2, -0.15) is 5.10 Å². The molecule has 0 bridgehead atoms. The van der Waals surface area contributed by atoms with Crippen LogP contribution in [0.5, 0.6) is 0 Å². The number of anilines is 2. The Bertz CT molecular complexity index is 1680. The molecule has 0 aliphatic heterocycles. The minimum atomic E-state index is -3.68. The molecule has 0 saturated carbocycles. The van der Waals surface area contributed by atoms with E-state index in [9.17, 15) is 13.2 Å². The van der Waals surface area contributed by atoms with Crippen molar-refractivity contribution in [3.05, 3.63) is 72.4 Å². The highest BCUT2D eigenvalue weighted by molar-refractivity contribution is 7.90. The molecule has 13 heteroatoms. The Kier molecular flexibility index (Phi) is 5.78. The van der Waals surface area contributed by atoms with Gasteiger partial charge in [0, 0.05) is 36.1 Å². The second kappa shape index (κ2) is 8.94. The Morgan fingerprint density at radius 3 is 2.58 bits per heavy atom. The quantitative estimate of drug-likeness (QED) is 0.300. The van der Waals surface area contributed by atoms with Crippen LogP contribution in [-0.2, 0) is 16.4 Å². The summed E-state index contributed by atoms with van der Waals surface area (Å²) in [6, 6.07) is 13.3. The molecule has 3 heterocycles. The molecule has 0 saturated heterocycles. The maximum absolute atomic E-state index is 13.2. The number of nitrogens with zero attached hydrogens (tertiary/aromatic N) is 5. The summed E-state index contributed by atoms with van der Waals surface area (Å²) in [5.41, 5.74) is 8.15. The fraction of sp³-hybridized carbons (Fsp3) is 0.130. The van der Waals surface area contributed by atoms with Crippen LogP contribution in [0.25, 0.3) is 22.3 Å². The molecule has 2 aromatic carbocycles. The molecule has 0 atom stereocenters. The summed E-state index contributed by atoms with van der Waals surface area (Å²) in [6.07, 6.45) is 4.60. The number of nitrogens with two attached hydrogens (primary N) is 1. The number of benzene rings is 2. The van der Waals surface area contributed by atoms with Crippen molar-refractivity contribution in [2.45, 2.75) is 11.6 Å². The van der Waals surface area contributed by atoms with Gasteiger partial charge in [0.1, 0.15) is 11.5 Å². The standard InChI is InChI=1S/C23H22N8O4S/c1-25-13-20-26-9-10-30(20)15-5-3-14(4-6-15)27-23(32)18-12-21(36(2,33)34)28-31(18)16-7-8-19-17(11-16)22(24)29-35-19/h3-12,25H,13H2,1-2H3,(H2,24,29)(H,27,32). The van der Waals surface area contributed by atoms with E-state index in [1.165, 1.54) is 10.7 Å². The summed E-state index contributed by atoms with van der Waals surface area (Å²) in [4.78, 5) is 17.6. The first kappa shape index (κ1) is 23.3. The maximum Gasteiger partial charge on any atom is 0.274 e. The van der Waals surface area contributed by atoms with E-state index >= 15 is 0 Å². The van der Waals surface area contributed by atoms with E-state index in [2.05, 4.69) is 25.9 Å². The largest absolute Gasteiger partial charge is 0.380 e. The van der Waals surface area contributed by atoms with Crippen LogP contribution in [0.15, 0.2) is 70.5 Å². The van der Waals surface area contributed by atoms with Gasteiger partial charge < -0.3 is 25.5 Å². The minimum Gasteiger partial charge on any atom is -0.380 e. The lowest BCUT2D eigenvalue weighted by Crippen LogP contribution is -2.17. The number of sulfone groups is 1. The molecule has 1 amide bonds. The predicted molar refractivity (Wildman–Crippen MR) is 133 cm³/mol. The number of amides is 1. The second-order valence-corrected chi connectivity index (χ2v) is 10.0. The van der Waals surface area contributed by atoms with Gasteiger partial charge in [-0.05, 0) is 49.5 Å². The zero-order valence-electron chi connectivity index (χ0n) is 19.3. The van der Waals surface area contributed by atoms with Crippen LogP contribution < -0.4 is 16.4 Å². The number of carbonyl (C=O) groups is 1. The fourth-order valence-electron chi connectivity index (χ4n) is 3.73. The van der Waals surface area contributed by atoms with Gasteiger partial charge in [-0.1, -0.05) is 5.16 Å². The third kappa shape index (κ3) is 4.32. The van der Waals surface area contributed by atoms with Crippen LogP contribution in [-0.4, -0.2) is 52.1 Å². The lowest BCUT2D eigenvalue weighted by atomic mass is 10.2. The first-order chi connectivity index (χ1) is 17.2. The molecule has 0 aliphatic carbocycles. The number of hydrogen-bond acceptors (Lipinski definition) is 9. The van der Waals surface area contributed by atoms with Gasteiger partial charge in [0.15, 0.2) is 26.3 Å². The minimum absolute atomic E-state index is 0.0276. The molecule has 0 spiro atoms. The lowest BCUT2D eigenvalue weighted by molar-refractivity contribution is 0.101. The third-order valence-electron chi connectivity index (χ3n) is 5.48. The Morgan fingerprint density at radius 1 is 1.11 bits per heavy atom. The number of nitrogen functional groups attached to an aromatic ring is 1. The van der Waals surface area contributed by atoms with Crippen molar-refractivity contribution in [3.8, 4) is 11.4 Å². The number of hydrogen-bond donors (Lipinski definition) is 3. The van der Waals surface area contributed by atoms with E-state index in [0.29, 0.717) is 28.9 Å². The van der Waals surface area contributed by atoms with Crippen LogP contribution in [0.1, 0.15) is 16.3 Å². The van der Waals surface area contributed by atoms with Crippen LogP contribution in [0, 0.1) is 0 Å². The smallest absolute Gasteiger partial charge is 0.274 e. The van der Waals surface area contributed by atoms with E-state index in [4.69, 9.17) is 10.3 Å². The number of aromatic nitrogens is 5. The van der Waals surface area contributed by atoms with E-state index in [1.54, 1.807) is 36.5 Å². The van der Waals surface area contributed by atoms with Crippen LogP contribution in [0.2, 0.25) is 0 Å². The van der Waals surface area contributed by atoms with Crippen LogP contribution in [0.4, 0.5) is 11.5 Å². The number of imidazole rings is 1. The van der Waals surface area contributed by atoms with Gasteiger partial charge in [-0.3, -0.25) is 4.79 Å². The number of rotatable bonds is 7. The predicted octanol–water partition coefficient (Wildman–Crippen LogP) is 2.16. The highest BCUT2D eigenvalue weighted by Crippen LogP contribution is 2.25. The number of nitrogens with one attached hydrogen (secondary N) is 2. The molecule has 0 radical (unpaired) electrons. The van der Waals surface area contributed by atoms with Crippen LogP contribution in [0.3, 0.4) is 0 Å². The van der Waals surface area contributed by atoms with Gasteiger partial charge in [-0.25, -0.2) is 18.1 Å². The van der Waals surface area contributed by atoms with Crippen molar-refractivity contribution in [2.24, 2.45) is 0 Å². The highest BCUT2D eigenvalue weighted by atomic mass is 32.2. The second-order valence-electron chi connectivity index (χ2n) is 8.04. The maximum atomic E-state index is 13.2. The van der Waals surface area contributed by atoms with E-state index in [0.717, 1.165) is 17.8 Å². The molecule has 3 aromatic heterocycles. The van der Waals surface area contributed by atoms with Crippen molar-refractivity contribution in [1.29, 1.82) is 0 Å². The fourth-order valence-corrected chi connectivity index (χ4v) is 4.29. The molecule has 12 nitrogen and oxygen atoms in total. The zero-order chi connectivity index (χ0) is 25.4.